The molecule has 1 saturated heterocycles. The van der Waals surface area contributed by atoms with Crippen LogP contribution in [0.3, 0.4) is 0 Å². The summed E-state index contributed by atoms with van der Waals surface area (Å²) in [5, 5.41) is 11.1. The van der Waals surface area contributed by atoms with Gasteiger partial charge < -0.3 is 9.47 Å². The number of rotatable bonds is 4. The lowest BCUT2D eigenvalue weighted by Gasteiger charge is -2.21. The minimum atomic E-state index is -3.75. The fourth-order valence-electron chi connectivity index (χ4n) is 3.24. The van der Waals surface area contributed by atoms with Crippen LogP contribution in [-0.4, -0.2) is 64.2 Å². The van der Waals surface area contributed by atoms with Crippen LogP contribution in [-0.2, 0) is 17.1 Å². The molecule has 0 saturated carbocycles. The van der Waals surface area contributed by atoms with Gasteiger partial charge in [0.15, 0.2) is 5.03 Å². The molecule has 1 aliphatic rings. The zero-order valence-corrected chi connectivity index (χ0v) is 17.3. The zero-order valence-electron chi connectivity index (χ0n) is 16.5. The van der Waals surface area contributed by atoms with Gasteiger partial charge in [-0.3, -0.25) is 14.9 Å². The van der Waals surface area contributed by atoms with Gasteiger partial charge in [0.2, 0.25) is 0 Å². The smallest absolute Gasteiger partial charge is 0.273 e. The van der Waals surface area contributed by atoms with E-state index in [-0.39, 0.29) is 41.8 Å². The summed E-state index contributed by atoms with van der Waals surface area (Å²) in [4.78, 5) is 29.1. The van der Waals surface area contributed by atoms with Crippen molar-refractivity contribution in [1.82, 2.24) is 18.8 Å². The first kappa shape index (κ1) is 20.9. The fourth-order valence-corrected chi connectivity index (χ4v) is 4.74. The standard InChI is InChI=1S/C18H23N5O5S/c1-13-5-6-15(11-16(13)23(25)26)18(24)21-7-4-8-22(10-9-21)29(27,28)17-12-20(3)14(2)19-17/h5-6,11-12H,4,7-10H2,1-3H3. The highest BCUT2D eigenvalue weighted by Gasteiger charge is 2.31. The van der Waals surface area contributed by atoms with Crippen molar-refractivity contribution < 1.29 is 18.1 Å². The number of hydrogen-bond donors (Lipinski definition) is 0. The Hall–Kier alpha value is -2.79. The van der Waals surface area contributed by atoms with Crippen LogP contribution in [0.15, 0.2) is 29.4 Å². The molecular weight excluding hydrogens is 398 g/mol. The van der Waals surface area contributed by atoms with E-state index < -0.39 is 14.9 Å². The van der Waals surface area contributed by atoms with Gasteiger partial charge in [-0.2, -0.15) is 4.31 Å². The van der Waals surface area contributed by atoms with Crippen LogP contribution >= 0.6 is 0 Å². The van der Waals surface area contributed by atoms with Crippen LogP contribution in [0.1, 0.15) is 28.2 Å². The molecule has 0 aliphatic carbocycles. The molecule has 10 nitrogen and oxygen atoms in total. The lowest BCUT2D eigenvalue weighted by atomic mass is 10.1. The number of nitro groups is 1. The van der Waals surface area contributed by atoms with Crippen LogP contribution < -0.4 is 0 Å². The summed E-state index contributed by atoms with van der Waals surface area (Å²) in [6.45, 7) is 4.32. The van der Waals surface area contributed by atoms with Gasteiger partial charge in [-0.25, -0.2) is 13.4 Å². The first-order valence-corrected chi connectivity index (χ1v) is 10.6. The van der Waals surface area contributed by atoms with Gasteiger partial charge in [-0.1, -0.05) is 6.07 Å². The maximum atomic E-state index is 12.9. The minimum Gasteiger partial charge on any atom is -0.337 e. The number of aromatic nitrogens is 2. The van der Waals surface area contributed by atoms with Gasteiger partial charge in [0, 0.05) is 56.6 Å². The highest BCUT2D eigenvalue weighted by molar-refractivity contribution is 7.89. The quantitative estimate of drug-likeness (QED) is 0.545. The SMILES string of the molecule is Cc1ccc(C(=O)N2CCCN(S(=O)(=O)c3cn(C)c(C)n3)CC2)cc1[N+](=O)[O-]. The molecule has 0 radical (unpaired) electrons. The molecule has 1 amide bonds. The molecule has 0 atom stereocenters. The normalized spacial score (nSPS) is 15.9. The van der Waals surface area contributed by atoms with E-state index in [0.717, 1.165) is 0 Å². The second-order valence-corrected chi connectivity index (χ2v) is 8.93. The lowest BCUT2D eigenvalue weighted by molar-refractivity contribution is -0.385. The lowest BCUT2D eigenvalue weighted by Crippen LogP contribution is -2.37. The predicted molar refractivity (Wildman–Crippen MR) is 105 cm³/mol. The highest BCUT2D eigenvalue weighted by Crippen LogP contribution is 2.22. The first-order valence-electron chi connectivity index (χ1n) is 9.15. The van der Waals surface area contributed by atoms with Crippen molar-refractivity contribution in [3.8, 4) is 0 Å². The van der Waals surface area contributed by atoms with Crippen LogP contribution in [0.5, 0.6) is 0 Å². The van der Waals surface area contributed by atoms with Crippen molar-refractivity contribution in [2.75, 3.05) is 26.2 Å². The molecule has 0 spiro atoms. The highest BCUT2D eigenvalue weighted by atomic mass is 32.2. The third kappa shape index (κ3) is 4.15. The second-order valence-electron chi connectivity index (χ2n) is 7.05. The Kier molecular flexibility index (Phi) is 5.71. The number of carbonyl (C=O) groups excluding carboxylic acids is 1. The van der Waals surface area contributed by atoms with Crippen molar-refractivity contribution in [3.05, 3.63) is 51.5 Å². The number of carbonyl (C=O) groups is 1. The van der Waals surface area contributed by atoms with Crippen molar-refractivity contribution in [1.29, 1.82) is 0 Å². The molecule has 2 heterocycles. The number of sulfonamides is 1. The van der Waals surface area contributed by atoms with Crippen LogP contribution in [0, 0.1) is 24.0 Å². The van der Waals surface area contributed by atoms with Gasteiger partial charge >= 0.3 is 0 Å². The van der Waals surface area contributed by atoms with E-state index in [1.165, 1.54) is 21.5 Å². The molecule has 0 unspecified atom stereocenters. The van der Waals surface area contributed by atoms with E-state index in [0.29, 0.717) is 24.4 Å². The van der Waals surface area contributed by atoms with Gasteiger partial charge in [0.1, 0.15) is 5.82 Å². The van der Waals surface area contributed by atoms with Crippen molar-refractivity contribution >= 4 is 21.6 Å². The summed E-state index contributed by atoms with van der Waals surface area (Å²) < 4.78 is 28.7. The van der Waals surface area contributed by atoms with Gasteiger partial charge in [-0.15, -0.1) is 0 Å². The Morgan fingerprint density at radius 2 is 1.90 bits per heavy atom. The topological polar surface area (TPSA) is 119 Å². The fraction of sp³-hybridized carbons (Fsp3) is 0.444. The van der Waals surface area contributed by atoms with E-state index >= 15 is 0 Å². The summed E-state index contributed by atoms with van der Waals surface area (Å²) >= 11 is 0. The summed E-state index contributed by atoms with van der Waals surface area (Å²) in [6, 6.07) is 4.37. The molecule has 156 valence electrons. The molecule has 0 bridgehead atoms. The van der Waals surface area contributed by atoms with Crippen molar-refractivity contribution in [3.63, 3.8) is 0 Å². The number of imidazole rings is 1. The number of hydrogen-bond acceptors (Lipinski definition) is 6. The van der Waals surface area contributed by atoms with E-state index in [1.807, 2.05) is 0 Å². The number of aryl methyl sites for hydroxylation is 3. The molecule has 1 aromatic heterocycles. The van der Waals surface area contributed by atoms with Gasteiger partial charge in [-0.05, 0) is 26.3 Å². The maximum absolute atomic E-state index is 12.9. The van der Waals surface area contributed by atoms with Gasteiger partial charge in [0.25, 0.3) is 21.6 Å². The Balaban J connectivity index is 1.77. The average Bonchev–Trinajstić information content (AvgIpc) is 2.87. The molecule has 2 aromatic rings. The number of amides is 1. The van der Waals surface area contributed by atoms with E-state index in [1.54, 1.807) is 37.6 Å². The first-order chi connectivity index (χ1) is 13.6. The van der Waals surface area contributed by atoms with Crippen LogP contribution in [0.4, 0.5) is 5.69 Å². The summed E-state index contributed by atoms with van der Waals surface area (Å²) in [6.07, 6.45) is 1.94. The Morgan fingerprint density at radius 3 is 2.52 bits per heavy atom. The molecule has 3 rings (SSSR count). The number of benzene rings is 1. The Bertz CT molecular complexity index is 1040. The third-order valence-corrected chi connectivity index (χ3v) is 6.86. The monoisotopic (exact) mass is 421 g/mol. The van der Waals surface area contributed by atoms with Crippen molar-refractivity contribution in [2.45, 2.75) is 25.3 Å². The molecule has 1 fully saturated rings. The van der Waals surface area contributed by atoms with Crippen molar-refractivity contribution in [2.24, 2.45) is 7.05 Å². The summed E-state index contributed by atoms with van der Waals surface area (Å²) in [7, 11) is -2.02. The molecule has 29 heavy (non-hydrogen) atoms. The average molecular weight is 421 g/mol. The maximum Gasteiger partial charge on any atom is 0.273 e. The second kappa shape index (κ2) is 7.91. The van der Waals surface area contributed by atoms with E-state index in [9.17, 15) is 23.3 Å². The van der Waals surface area contributed by atoms with E-state index in [2.05, 4.69) is 4.98 Å². The molecule has 0 N–H and O–H groups in total. The summed E-state index contributed by atoms with van der Waals surface area (Å²) in [5.74, 6) is 0.247. The Morgan fingerprint density at radius 1 is 1.17 bits per heavy atom. The molecule has 1 aliphatic heterocycles. The molecule has 11 heteroatoms. The van der Waals surface area contributed by atoms with Gasteiger partial charge in [0.05, 0.1) is 4.92 Å². The molecule has 1 aromatic carbocycles. The van der Waals surface area contributed by atoms with Crippen LogP contribution in [0.25, 0.3) is 0 Å². The largest absolute Gasteiger partial charge is 0.337 e. The minimum absolute atomic E-state index is 0.00793. The predicted octanol–water partition coefficient (Wildman–Crippen LogP) is 1.48. The summed E-state index contributed by atoms with van der Waals surface area (Å²) in [5.41, 5.74) is 0.588. The van der Waals surface area contributed by atoms with Crippen LogP contribution in [0.2, 0.25) is 0 Å². The number of nitro benzene ring substituents is 1. The number of nitrogens with zero attached hydrogens (tertiary/aromatic N) is 5. The third-order valence-electron chi connectivity index (χ3n) is 5.09. The van der Waals surface area contributed by atoms with E-state index in [4.69, 9.17) is 0 Å². The zero-order chi connectivity index (χ0) is 21.3. The molecular formula is C18H23N5O5S. The Labute approximate surface area is 169 Å².